The number of ether oxygens (including phenoxy) is 2. The minimum Gasteiger partial charge on any atom is -0.497 e. The van der Waals surface area contributed by atoms with Gasteiger partial charge in [0.25, 0.3) is 0 Å². The molecule has 17 heavy (non-hydrogen) atoms. The fourth-order valence-electron chi connectivity index (χ4n) is 1.60. The summed E-state index contributed by atoms with van der Waals surface area (Å²) in [6.45, 7) is 6.79. The van der Waals surface area contributed by atoms with E-state index in [1.807, 2.05) is 18.2 Å². The third-order valence-electron chi connectivity index (χ3n) is 2.70. The zero-order chi connectivity index (χ0) is 12.5. The Bertz CT molecular complexity index is 315. The molecule has 0 aliphatic heterocycles. The lowest BCUT2D eigenvalue weighted by molar-refractivity contribution is 0.0387. The van der Waals surface area contributed by atoms with Crippen LogP contribution in [-0.2, 0) is 11.3 Å². The third-order valence-corrected chi connectivity index (χ3v) is 2.70. The molecule has 0 amide bonds. The molecule has 0 heterocycles. The van der Waals surface area contributed by atoms with Crippen LogP contribution >= 0.6 is 0 Å². The van der Waals surface area contributed by atoms with Gasteiger partial charge in [0.15, 0.2) is 0 Å². The van der Waals surface area contributed by atoms with Crippen LogP contribution in [-0.4, -0.2) is 26.3 Å². The molecule has 3 nitrogen and oxygen atoms in total. The Morgan fingerprint density at radius 3 is 2.76 bits per heavy atom. The van der Waals surface area contributed by atoms with Crippen LogP contribution in [0.3, 0.4) is 0 Å². The van der Waals surface area contributed by atoms with Crippen LogP contribution in [0.15, 0.2) is 24.3 Å². The van der Waals surface area contributed by atoms with Crippen molar-refractivity contribution in [3.63, 3.8) is 0 Å². The summed E-state index contributed by atoms with van der Waals surface area (Å²) in [6.07, 6.45) is 1.30. The van der Waals surface area contributed by atoms with Crippen LogP contribution in [0.4, 0.5) is 0 Å². The van der Waals surface area contributed by atoms with Gasteiger partial charge in [-0.15, -0.1) is 0 Å². The third kappa shape index (κ3) is 5.20. The molecule has 0 saturated heterocycles. The SMILES string of the molecule is CCNCC(CC)OCc1cccc(OC)c1. The Labute approximate surface area is 104 Å². The molecule has 0 aliphatic rings. The Morgan fingerprint density at radius 1 is 1.29 bits per heavy atom. The van der Waals surface area contributed by atoms with Crippen LogP contribution < -0.4 is 10.1 Å². The zero-order valence-corrected chi connectivity index (χ0v) is 11.0. The van der Waals surface area contributed by atoms with Crippen molar-refractivity contribution in [2.45, 2.75) is 33.0 Å². The van der Waals surface area contributed by atoms with E-state index >= 15 is 0 Å². The number of benzene rings is 1. The van der Waals surface area contributed by atoms with E-state index in [0.717, 1.165) is 30.8 Å². The molecule has 1 aromatic rings. The molecular formula is C14H23NO2. The Morgan fingerprint density at radius 2 is 2.12 bits per heavy atom. The van der Waals surface area contributed by atoms with Gasteiger partial charge in [0.1, 0.15) is 5.75 Å². The number of rotatable bonds is 8. The van der Waals surface area contributed by atoms with Gasteiger partial charge in [0, 0.05) is 6.54 Å². The van der Waals surface area contributed by atoms with Crippen molar-refractivity contribution in [3.05, 3.63) is 29.8 Å². The maximum absolute atomic E-state index is 5.86. The normalized spacial score (nSPS) is 12.4. The van der Waals surface area contributed by atoms with E-state index in [9.17, 15) is 0 Å². The van der Waals surface area contributed by atoms with Gasteiger partial charge >= 0.3 is 0 Å². The first kappa shape index (κ1) is 14.0. The largest absolute Gasteiger partial charge is 0.497 e. The van der Waals surface area contributed by atoms with Gasteiger partial charge in [-0.05, 0) is 30.7 Å². The lowest BCUT2D eigenvalue weighted by Gasteiger charge is -2.16. The van der Waals surface area contributed by atoms with Crippen molar-refractivity contribution in [2.24, 2.45) is 0 Å². The van der Waals surface area contributed by atoms with Gasteiger partial charge in [-0.1, -0.05) is 26.0 Å². The van der Waals surface area contributed by atoms with E-state index in [1.165, 1.54) is 0 Å². The summed E-state index contributed by atoms with van der Waals surface area (Å²) in [4.78, 5) is 0. The van der Waals surface area contributed by atoms with E-state index in [4.69, 9.17) is 9.47 Å². The molecule has 0 aromatic heterocycles. The highest BCUT2D eigenvalue weighted by Gasteiger charge is 2.06. The highest BCUT2D eigenvalue weighted by molar-refractivity contribution is 5.27. The summed E-state index contributed by atoms with van der Waals surface area (Å²) >= 11 is 0. The summed E-state index contributed by atoms with van der Waals surface area (Å²) < 4.78 is 11.0. The highest BCUT2D eigenvalue weighted by Crippen LogP contribution is 2.14. The molecule has 3 heteroatoms. The Hall–Kier alpha value is -1.06. The van der Waals surface area contributed by atoms with Gasteiger partial charge < -0.3 is 14.8 Å². The molecule has 1 unspecified atom stereocenters. The number of hydrogen-bond donors (Lipinski definition) is 1. The fraction of sp³-hybridized carbons (Fsp3) is 0.571. The standard InChI is InChI=1S/C14H23NO2/c1-4-13(10-15-5-2)17-11-12-7-6-8-14(9-12)16-3/h6-9,13,15H,4-5,10-11H2,1-3H3. The first-order valence-electron chi connectivity index (χ1n) is 6.25. The van der Waals surface area contributed by atoms with Crippen LogP contribution in [0, 0.1) is 0 Å². The fourth-order valence-corrected chi connectivity index (χ4v) is 1.60. The van der Waals surface area contributed by atoms with Gasteiger partial charge in [-0.2, -0.15) is 0 Å². The van der Waals surface area contributed by atoms with Crippen molar-refractivity contribution in [2.75, 3.05) is 20.2 Å². The van der Waals surface area contributed by atoms with Crippen molar-refractivity contribution in [1.82, 2.24) is 5.32 Å². The van der Waals surface area contributed by atoms with Crippen molar-refractivity contribution >= 4 is 0 Å². The summed E-state index contributed by atoms with van der Waals surface area (Å²) in [6, 6.07) is 8.00. The van der Waals surface area contributed by atoms with Crippen LogP contribution in [0.5, 0.6) is 5.75 Å². The van der Waals surface area contributed by atoms with Crippen LogP contribution in [0.1, 0.15) is 25.8 Å². The average Bonchev–Trinajstić information content (AvgIpc) is 2.39. The first-order valence-corrected chi connectivity index (χ1v) is 6.25. The molecule has 0 radical (unpaired) electrons. The predicted molar refractivity (Wildman–Crippen MR) is 70.4 cm³/mol. The van der Waals surface area contributed by atoms with Crippen molar-refractivity contribution in [3.8, 4) is 5.75 Å². The summed E-state index contributed by atoms with van der Waals surface area (Å²) in [5.41, 5.74) is 1.15. The quantitative estimate of drug-likeness (QED) is 0.754. The van der Waals surface area contributed by atoms with E-state index in [-0.39, 0.29) is 6.10 Å². The van der Waals surface area contributed by atoms with Gasteiger partial charge in [-0.25, -0.2) is 0 Å². The number of methoxy groups -OCH3 is 1. The highest BCUT2D eigenvalue weighted by atomic mass is 16.5. The number of nitrogens with one attached hydrogen (secondary N) is 1. The molecule has 0 fully saturated rings. The van der Waals surface area contributed by atoms with Gasteiger partial charge in [0.2, 0.25) is 0 Å². The average molecular weight is 237 g/mol. The summed E-state index contributed by atoms with van der Waals surface area (Å²) in [5.74, 6) is 0.880. The molecule has 0 aliphatic carbocycles. The van der Waals surface area contributed by atoms with Crippen molar-refractivity contribution < 1.29 is 9.47 Å². The molecule has 96 valence electrons. The Balaban J connectivity index is 2.41. The summed E-state index contributed by atoms with van der Waals surface area (Å²) in [7, 11) is 1.68. The molecule has 1 N–H and O–H groups in total. The minimum atomic E-state index is 0.279. The van der Waals surface area contributed by atoms with Crippen LogP contribution in [0.25, 0.3) is 0 Å². The van der Waals surface area contributed by atoms with E-state index in [2.05, 4.69) is 25.2 Å². The first-order chi connectivity index (χ1) is 8.30. The van der Waals surface area contributed by atoms with Crippen molar-refractivity contribution in [1.29, 1.82) is 0 Å². The molecular weight excluding hydrogens is 214 g/mol. The molecule has 0 saturated carbocycles. The smallest absolute Gasteiger partial charge is 0.119 e. The van der Waals surface area contributed by atoms with E-state index in [1.54, 1.807) is 7.11 Å². The topological polar surface area (TPSA) is 30.5 Å². The lowest BCUT2D eigenvalue weighted by Crippen LogP contribution is -2.28. The second-order valence-electron chi connectivity index (χ2n) is 4.00. The van der Waals surface area contributed by atoms with Gasteiger partial charge in [0.05, 0.1) is 19.8 Å². The maximum atomic E-state index is 5.86. The van der Waals surface area contributed by atoms with Crippen LogP contribution in [0.2, 0.25) is 0 Å². The van der Waals surface area contributed by atoms with E-state index in [0.29, 0.717) is 6.61 Å². The minimum absolute atomic E-state index is 0.279. The number of likely N-dealkylation sites (N-methyl/N-ethyl adjacent to an activating group) is 1. The molecule has 0 spiro atoms. The molecule has 0 bridgehead atoms. The lowest BCUT2D eigenvalue weighted by atomic mass is 10.2. The molecule has 1 atom stereocenters. The monoisotopic (exact) mass is 237 g/mol. The van der Waals surface area contributed by atoms with E-state index < -0.39 is 0 Å². The van der Waals surface area contributed by atoms with Gasteiger partial charge in [-0.3, -0.25) is 0 Å². The maximum Gasteiger partial charge on any atom is 0.119 e. The summed E-state index contributed by atoms with van der Waals surface area (Å²) in [5, 5.41) is 3.31. The number of hydrogen-bond acceptors (Lipinski definition) is 3. The molecule has 1 rings (SSSR count). The second kappa shape index (κ2) is 8.09. The zero-order valence-electron chi connectivity index (χ0n) is 11.0. The molecule has 1 aromatic carbocycles. The second-order valence-corrected chi connectivity index (χ2v) is 4.00. The predicted octanol–water partition coefficient (Wildman–Crippen LogP) is 2.60. The Kier molecular flexibility index (Phi) is 6.67.